The number of hydrogen-bond acceptors (Lipinski definition) is 7. The van der Waals surface area contributed by atoms with E-state index in [4.69, 9.17) is 9.72 Å². The highest BCUT2D eigenvalue weighted by Gasteiger charge is 2.53. The lowest BCUT2D eigenvalue weighted by Crippen LogP contribution is -2.51. The van der Waals surface area contributed by atoms with Crippen molar-refractivity contribution in [1.82, 2.24) is 35.1 Å². The molecule has 8 rings (SSSR count). The maximum Gasteiger partial charge on any atom is 0.407 e. The second-order valence-corrected chi connectivity index (χ2v) is 15.5. The molecule has 1 saturated heterocycles. The zero-order valence-electron chi connectivity index (χ0n) is 31.7. The molecule has 3 fully saturated rings. The molecule has 1 aliphatic heterocycles. The summed E-state index contributed by atoms with van der Waals surface area (Å²) in [5, 5.41) is 2.70. The van der Waals surface area contributed by atoms with Crippen LogP contribution in [0.3, 0.4) is 0 Å². The molecule has 284 valence electrons. The van der Waals surface area contributed by atoms with E-state index >= 15 is 0 Å². The number of carbonyl (C=O) groups is 3. The van der Waals surface area contributed by atoms with Crippen molar-refractivity contribution >= 4 is 23.7 Å². The standard InChI is InChI=1S/C43H48N8O4/c1-25(2)38(49-43(54)55-4)42(53)51-21-7-8-34(51)39-45-23-32(47-39)28-14-10-26(11-15-28)27-12-16-29(17-13-27)33-24-46-40(48-33)36-30-18-19-31(22-30)37(36)41(52)50(3)35-9-5-6-20-44-35/h5-6,9-17,20,23-25,30-31,34,36-38H,7-8,18-19,21-22H2,1-4H3,(H,45,47)(H,46,48)(H,49,54)/t30-,31+,34-,36+,37+,38-/m0/s1. The summed E-state index contributed by atoms with van der Waals surface area (Å²) >= 11 is 0. The van der Waals surface area contributed by atoms with Gasteiger partial charge in [-0.1, -0.05) is 68.4 Å². The van der Waals surface area contributed by atoms with Crippen molar-refractivity contribution in [3.63, 3.8) is 0 Å². The molecule has 2 saturated carbocycles. The Morgan fingerprint density at radius 1 is 0.818 bits per heavy atom. The van der Waals surface area contributed by atoms with Crippen LogP contribution < -0.4 is 10.2 Å². The van der Waals surface area contributed by atoms with Gasteiger partial charge >= 0.3 is 6.09 Å². The third kappa shape index (κ3) is 7.01. The summed E-state index contributed by atoms with van der Waals surface area (Å²) in [6, 6.07) is 21.6. The van der Waals surface area contributed by atoms with Gasteiger partial charge in [0.15, 0.2) is 0 Å². The zero-order valence-corrected chi connectivity index (χ0v) is 31.7. The van der Waals surface area contributed by atoms with Crippen LogP contribution in [0.4, 0.5) is 10.6 Å². The number of imidazole rings is 2. The average Bonchev–Trinajstić information content (AvgIpc) is 4.08. The Hall–Kier alpha value is -5.78. The number of methoxy groups -OCH3 is 1. The SMILES string of the molecule is COC(=O)N[C@H](C(=O)N1CCC[C@H]1c1ncc(-c2ccc(-c3ccc(-c4cnc([C@@H]5[C@H]6CC[C@H](C6)[C@H]5C(=O)N(C)c5ccccn5)[nH]4)cc3)cc2)[nH]1)C(C)C. The van der Waals surface area contributed by atoms with Gasteiger partial charge in [-0.3, -0.25) is 14.5 Å². The Morgan fingerprint density at radius 3 is 2.05 bits per heavy atom. The molecule has 3 aromatic heterocycles. The van der Waals surface area contributed by atoms with Gasteiger partial charge in [0.05, 0.1) is 42.9 Å². The first kappa shape index (κ1) is 36.2. The van der Waals surface area contributed by atoms with E-state index in [0.717, 1.165) is 77.4 Å². The fourth-order valence-corrected chi connectivity index (χ4v) is 9.11. The number of H-pyrrole nitrogens is 2. The predicted molar refractivity (Wildman–Crippen MR) is 210 cm³/mol. The van der Waals surface area contributed by atoms with Crippen molar-refractivity contribution in [3.05, 3.63) is 97.0 Å². The van der Waals surface area contributed by atoms with E-state index in [1.807, 2.05) is 56.4 Å². The van der Waals surface area contributed by atoms with Gasteiger partial charge in [-0.2, -0.15) is 0 Å². The van der Waals surface area contributed by atoms with E-state index in [1.54, 1.807) is 11.1 Å². The number of rotatable bonds is 10. The highest BCUT2D eigenvalue weighted by molar-refractivity contribution is 5.95. The zero-order chi connectivity index (χ0) is 38.2. The summed E-state index contributed by atoms with van der Waals surface area (Å²) < 4.78 is 4.76. The summed E-state index contributed by atoms with van der Waals surface area (Å²) in [6.45, 7) is 4.42. The average molecular weight is 741 g/mol. The van der Waals surface area contributed by atoms with Crippen LogP contribution in [0.2, 0.25) is 0 Å². The number of pyridine rings is 1. The second kappa shape index (κ2) is 15.2. The monoisotopic (exact) mass is 740 g/mol. The number of alkyl carbamates (subject to hydrolysis) is 1. The van der Waals surface area contributed by atoms with Crippen molar-refractivity contribution < 1.29 is 19.1 Å². The molecule has 4 heterocycles. The van der Waals surface area contributed by atoms with E-state index in [-0.39, 0.29) is 35.6 Å². The van der Waals surface area contributed by atoms with Crippen LogP contribution in [0.1, 0.15) is 69.6 Å². The molecule has 5 aromatic rings. The van der Waals surface area contributed by atoms with Crippen LogP contribution in [0.5, 0.6) is 0 Å². The van der Waals surface area contributed by atoms with Gasteiger partial charge < -0.3 is 24.9 Å². The molecular weight excluding hydrogens is 693 g/mol. The van der Waals surface area contributed by atoms with Crippen LogP contribution in [-0.2, 0) is 14.3 Å². The molecule has 0 unspecified atom stereocenters. The van der Waals surface area contributed by atoms with Crippen molar-refractivity contribution in [3.8, 4) is 33.6 Å². The molecule has 55 heavy (non-hydrogen) atoms. The van der Waals surface area contributed by atoms with Gasteiger partial charge in [0.25, 0.3) is 0 Å². The number of anilines is 1. The Morgan fingerprint density at radius 2 is 1.44 bits per heavy atom. The molecule has 2 aromatic carbocycles. The van der Waals surface area contributed by atoms with E-state index in [2.05, 4.69) is 73.8 Å². The lowest BCUT2D eigenvalue weighted by atomic mass is 9.78. The van der Waals surface area contributed by atoms with Crippen LogP contribution in [-0.4, -0.2) is 74.5 Å². The summed E-state index contributed by atoms with van der Waals surface area (Å²) in [7, 11) is 3.13. The van der Waals surface area contributed by atoms with Gasteiger partial charge in [0, 0.05) is 25.7 Å². The van der Waals surface area contributed by atoms with Crippen LogP contribution in [0, 0.1) is 23.7 Å². The molecule has 3 amide bonds. The topological polar surface area (TPSA) is 149 Å². The molecule has 12 heteroatoms. The molecule has 2 bridgehead atoms. The normalized spacial score (nSPS) is 22.2. The van der Waals surface area contributed by atoms with Crippen LogP contribution in [0.15, 0.2) is 85.3 Å². The van der Waals surface area contributed by atoms with E-state index in [0.29, 0.717) is 24.2 Å². The summed E-state index contributed by atoms with van der Waals surface area (Å²) in [5.41, 5.74) is 6.04. The van der Waals surface area contributed by atoms with Crippen molar-refractivity contribution in [1.29, 1.82) is 0 Å². The minimum Gasteiger partial charge on any atom is -0.453 e. The number of aromatic nitrogens is 5. The van der Waals surface area contributed by atoms with Crippen molar-refractivity contribution in [2.24, 2.45) is 23.7 Å². The van der Waals surface area contributed by atoms with Gasteiger partial charge in [0.1, 0.15) is 23.5 Å². The molecule has 0 spiro atoms. The molecule has 6 atom stereocenters. The number of hydrogen-bond donors (Lipinski definition) is 3. The van der Waals surface area contributed by atoms with Gasteiger partial charge in [-0.15, -0.1) is 0 Å². The number of aromatic amines is 2. The third-order valence-electron chi connectivity index (χ3n) is 12.0. The smallest absolute Gasteiger partial charge is 0.407 e. The predicted octanol–water partition coefficient (Wildman–Crippen LogP) is 7.37. The summed E-state index contributed by atoms with van der Waals surface area (Å²) in [5.74, 6) is 3.00. The number of nitrogens with zero attached hydrogens (tertiary/aromatic N) is 5. The minimum atomic E-state index is -0.677. The summed E-state index contributed by atoms with van der Waals surface area (Å²) in [4.78, 5) is 63.9. The molecular formula is C43H48N8O4. The second-order valence-electron chi connectivity index (χ2n) is 15.5. The van der Waals surface area contributed by atoms with Gasteiger partial charge in [0.2, 0.25) is 11.8 Å². The lowest BCUT2D eigenvalue weighted by Gasteiger charge is -2.31. The number of amides is 3. The number of likely N-dealkylation sites (tertiary alicyclic amines) is 1. The minimum absolute atomic E-state index is 0.0714. The fraction of sp³-hybridized carbons (Fsp3) is 0.395. The van der Waals surface area contributed by atoms with E-state index in [1.165, 1.54) is 7.11 Å². The third-order valence-corrected chi connectivity index (χ3v) is 12.0. The van der Waals surface area contributed by atoms with E-state index < -0.39 is 12.1 Å². The van der Waals surface area contributed by atoms with Gasteiger partial charge in [-0.05, 0) is 84.2 Å². The summed E-state index contributed by atoms with van der Waals surface area (Å²) in [6.07, 6.45) is 9.77. The van der Waals surface area contributed by atoms with Crippen molar-refractivity contribution in [2.75, 3.05) is 25.6 Å². The first-order chi connectivity index (χ1) is 26.7. The molecule has 2 aliphatic carbocycles. The number of nitrogens with one attached hydrogen (secondary N) is 3. The molecule has 0 radical (unpaired) electrons. The highest BCUT2D eigenvalue weighted by atomic mass is 16.5. The van der Waals surface area contributed by atoms with Crippen LogP contribution in [0.25, 0.3) is 33.6 Å². The molecule has 3 N–H and O–H groups in total. The maximum absolute atomic E-state index is 13.8. The van der Waals surface area contributed by atoms with E-state index in [9.17, 15) is 14.4 Å². The quantitative estimate of drug-likeness (QED) is 0.135. The Kier molecular flexibility index (Phi) is 9.98. The largest absolute Gasteiger partial charge is 0.453 e. The number of carbonyl (C=O) groups excluding carboxylic acids is 3. The Labute approximate surface area is 321 Å². The number of ether oxygens (including phenoxy) is 1. The maximum atomic E-state index is 13.8. The van der Waals surface area contributed by atoms with Crippen LogP contribution >= 0.6 is 0 Å². The number of benzene rings is 2. The Bertz CT molecular complexity index is 2140. The molecule has 12 nitrogen and oxygen atoms in total. The van der Waals surface area contributed by atoms with Crippen molar-refractivity contribution in [2.45, 2.75) is 64.0 Å². The molecule has 3 aliphatic rings. The fourth-order valence-electron chi connectivity index (χ4n) is 9.11. The number of fused-ring (bicyclic) bond motifs is 2. The van der Waals surface area contributed by atoms with Gasteiger partial charge in [-0.25, -0.2) is 19.7 Å². The highest BCUT2D eigenvalue weighted by Crippen LogP contribution is 2.56. The Balaban J connectivity index is 0.935. The first-order valence-corrected chi connectivity index (χ1v) is 19.3. The lowest BCUT2D eigenvalue weighted by molar-refractivity contribution is -0.135. The first-order valence-electron chi connectivity index (χ1n) is 19.3.